The Morgan fingerprint density at radius 1 is 0.733 bits per heavy atom. The van der Waals surface area contributed by atoms with Gasteiger partial charge < -0.3 is 0 Å². The third-order valence-corrected chi connectivity index (χ3v) is 3.56. The average Bonchev–Trinajstić information content (AvgIpc) is 2.09. The Bertz CT molecular complexity index is 382. The quantitative estimate of drug-likeness (QED) is 0.360. The molecule has 0 aliphatic carbocycles. The molecule has 1 aromatic carbocycles. The number of hydrogen-bond acceptors (Lipinski definition) is 0. The molecular formula is C7Br2F6. The van der Waals surface area contributed by atoms with Crippen molar-refractivity contribution in [1.82, 2.24) is 0 Å². The Hall–Kier alpha value is -0.240. The second kappa shape index (κ2) is 3.97. The van der Waals surface area contributed by atoms with Crippen LogP contribution in [0, 0.1) is 17.5 Å². The molecule has 0 aliphatic heterocycles. The molecule has 0 atom stereocenters. The van der Waals surface area contributed by atoms with Gasteiger partial charge in [-0.15, -0.1) is 0 Å². The molecule has 0 aliphatic rings. The van der Waals surface area contributed by atoms with Gasteiger partial charge in [-0.3, -0.25) is 0 Å². The van der Waals surface area contributed by atoms with Crippen LogP contribution >= 0.6 is 31.9 Å². The molecule has 0 bridgehead atoms. The Kier molecular flexibility index (Phi) is 3.39. The Balaban J connectivity index is 3.68. The molecule has 0 unspecified atom stereocenters. The maximum Gasteiger partial charge on any atom is 0.420 e. The average molecular weight is 358 g/mol. The highest BCUT2D eigenvalue weighted by atomic mass is 79.9. The SMILES string of the molecule is Fc1c(F)c(Br)c(Br)c(C(F)(F)F)c1F. The fraction of sp³-hybridized carbons (Fsp3) is 0.143. The van der Waals surface area contributed by atoms with Crippen LogP contribution in [0.5, 0.6) is 0 Å². The summed E-state index contributed by atoms with van der Waals surface area (Å²) < 4.78 is 73.2. The summed E-state index contributed by atoms with van der Waals surface area (Å²) in [6.45, 7) is 0. The van der Waals surface area contributed by atoms with Gasteiger partial charge in [0, 0.05) is 0 Å². The summed E-state index contributed by atoms with van der Waals surface area (Å²) in [5.41, 5.74) is -1.88. The smallest absolute Gasteiger partial charge is 0.203 e. The van der Waals surface area contributed by atoms with Crippen molar-refractivity contribution in [2.75, 3.05) is 0 Å². The standard InChI is InChI=1S/C7Br2F6/c8-2-1(7(13,14)15)4(10)6(12)5(11)3(2)9. The second-order valence-corrected chi connectivity index (χ2v) is 4.03. The van der Waals surface area contributed by atoms with E-state index >= 15 is 0 Å². The summed E-state index contributed by atoms with van der Waals surface area (Å²) in [4.78, 5) is 0. The summed E-state index contributed by atoms with van der Waals surface area (Å²) in [7, 11) is 0. The third-order valence-electron chi connectivity index (χ3n) is 1.49. The molecule has 0 nitrogen and oxygen atoms in total. The van der Waals surface area contributed by atoms with E-state index in [4.69, 9.17) is 0 Å². The van der Waals surface area contributed by atoms with Crippen molar-refractivity contribution in [2.24, 2.45) is 0 Å². The second-order valence-electron chi connectivity index (χ2n) is 2.44. The predicted molar refractivity (Wildman–Crippen MR) is 46.7 cm³/mol. The first kappa shape index (κ1) is 12.8. The van der Waals surface area contributed by atoms with E-state index < -0.39 is 38.1 Å². The van der Waals surface area contributed by atoms with Crippen LogP contribution in [0.2, 0.25) is 0 Å². The van der Waals surface area contributed by atoms with Crippen molar-refractivity contribution in [3.05, 3.63) is 32.0 Å². The van der Waals surface area contributed by atoms with Crippen LogP contribution < -0.4 is 0 Å². The summed E-state index contributed by atoms with van der Waals surface area (Å²) >= 11 is 4.72. The van der Waals surface area contributed by atoms with E-state index in [0.29, 0.717) is 0 Å². The van der Waals surface area contributed by atoms with Gasteiger partial charge in [0.1, 0.15) is 5.56 Å². The van der Waals surface area contributed by atoms with Crippen LogP contribution in [-0.2, 0) is 6.18 Å². The monoisotopic (exact) mass is 356 g/mol. The van der Waals surface area contributed by atoms with Crippen LogP contribution in [0.4, 0.5) is 26.3 Å². The van der Waals surface area contributed by atoms with E-state index in [-0.39, 0.29) is 0 Å². The molecule has 0 N–H and O–H groups in total. The molecule has 84 valence electrons. The van der Waals surface area contributed by atoms with Crippen LogP contribution in [0.1, 0.15) is 5.56 Å². The van der Waals surface area contributed by atoms with Crippen molar-refractivity contribution in [3.8, 4) is 0 Å². The summed E-state index contributed by atoms with van der Waals surface area (Å²) in [5, 5.41) is 0. The first-order valence-corrected chi connectivity index (χ1v) is 4.85. The van der Waals surface area contributed by atoms with Gasteiger partial charge in [0.2, 0.25) is 0 Å². The number of hydrogen-bond donors (Lipinski definition) is 0. The van der Waals surface area contributed by atoms with Crippen LogP contribution in [0.3, 0.4) is 0 Å². The van der Waals surface area contributed by atoms with Crippen LogP contribution in [0.15, 0.2) is 8.95 Å². The number of benzene rings is 1. The lowest BCUT2D eigenvalue weighted by Crippen LogP contribution is -2.12. The highest BCUT2D eigenvalue weighted by molar-refractivity contribution is 9.13. The summed E-state index contributed by atoms with van der Waals surface area (Å²) in [5.74, 6) is -6.15. The van der Waals surface area contributed by atoms with E-state index in [0.717, 1.165) is 0 Å². The Labute approximate surface area is 96.5 Å². The first-order chi connectivity index (χ1) is 6.68. The minimum absolute atomic E-state index is 0.811. The molecule has 0 amide bonds. The van der Waals surface area contributed by atoms with Gasteiger partial charge in [-0.25, -0.2) is 13.2 Å². The highest BCUT2D eigenvalue weighted by Gasteiger charge is 2.40. The Morgan fingerprint density at radius 2 is 1.20 bits per heavy atom. The van der Waals surface area contributed by atoms with Gasteiger partial charge in [-0.1, -0.05) is 0 Å². The zero-order valence-electron chi connectivity index (χ0n) is 6.52. The molecule has 0 saturated heterocycles. The van der Waals surface area contributed by atoms with Gasteiger partial charge in [0.15, 0.2) is 17.5 Å². The van der Waals surface area contributed by atoms with E-state index in [1.807, 2.05) is 0 Å². The summed E-state index contributed by atoms with van der Waals surface area (Å²) in [6, 6.07) is 0. The number of halogens is 8. The molecule has 0 radical (unpaired) electrons. The van der Waals surface area contributed by atoms with E-state index in [1.165, 1.54) is 0 Å². The normalized spacial score (nSPS) is 12.0. The molecular weight excluding hydrogens is 358 g/mol. The van der Waals surface area contributed by atoms with Crippen molar-refractivity contribution in [1.29, 1.82) is 0 Å². The van der Waals surface area contributed by atoms with Crippen LogP contribution in [-0.4, -0.2) is 0 Å². The molecule has 1 rings (SSSR count). The zero-order valence-corrected chi connectivity index (χ0v) is 9.70. The van der Waals surface area contributed by atoms with Crippen molar-refractivity contribution >= 4 is 31.9 Å². The molecule has 8 heteroatoms. The van der Waals surface area contributed by atoms with E-state index in [2.05, 4.69) is 31.9 Å². The lowest BCUT2D eigenvalue weighted by molar-refractivity contribution is -0.141. The lowest BCUT2D eigenvalue weighted by Gasteiger charge is -2.12. The first-order valence-electron chi connectivity index (χ1n) is 3.26. The maximum atomic E-state index is 12.8. The molecule has 0 spiro atoms. The molecule has 0 heterocycles. The molecule has 1 aromatic rings. The molecule has 0 saturated carbocycles. The minimum atomic E-state index is -5.11. The van der Waals surface area contributed by atoms with Gasteiger partial charge in [0.25, 0.3) is 0 Å². The highest BCUT2D eigenvalue weighted by Crippen LogP contribution is 2.42. The lowest BCUT2D eigenvalue weighted by atomic mass is 10.2. The fourth-order valence-electron chi connectivity index (χ4n) is 0.854. The van der Waals surface area contributed by atoms with Gasteiger partial charge in [-0.2, -0.15) is 13.2 Å². The Morgan fingerprint density at radius 3 is 1.60 bits per heavy atom. The zero-order chi connectivity index (χ0) is 12.0. The largest absolute Gasteiger partial charge is 0.420 e. The van der Waals surface area contributed by atoms with Gasteiger partial charge in [0.05, 0.1) is 8.95 Å². The van der Waals surface area contributed by atoms with E-state index in [1.54, 1.807) is 0 Å². The molecule has 0 aromatic heterocycles. The van der Waals surface area contributed by atoms with Gasteiger partial charge >= 0.3 is 6.18 Å². The molecule has 15 heavy (non-hydrogen) atoms. The number of rotatable bonds is 0. The van der Waals surface area contributed by atoms with Crippen molar-refractivity contribution in [2.45, 2.75) is 6.18 Å². The van der Waals surface area contributed by atoms with E-state index in [9.17, 15) is 26.3 Å². The van der Waals surface area contributed by atoms with Crippen molar-refractivity contribution in [3.63, 3.8) is 0 Å². The molecule has 0 fully saturated rings. The maximum absolute atomic E-state index is 12.8. The van der Waals surface area contributed by atoms with Gasteiger partial charge in [-0.05, 0) is 31.9 Å². The predicted octanol–water partition coefficient (Wildman–Crippen LogP) is 4.65. The fourth-order valence-corrected chi connectivity index (χ4v) is 1.80. The van der Waals surface area contributed by atoms with Crippen LogP contribution in [0.25, 0.3) is 0 Å². The van der Waals surface area contributed by atoms with Crippen molar-refractivity contribution < 1.29 is 26.3 Å². The topological polar surface area (TPSA) is 0 Å². The third kappa shape index (κ3) is 2.15. The summed E-state index contributed by atoms with van der Waals surface area (Å²) in [6.07, 6.45) is -5.11. The number of alkyl halides is 3. The minimum Gasteiger partial charge on any atom is -0.203 e.